The van der Waals surface area contributed by atoms with Gasteiger partial charge in [0, 0.05) is 24.6 Å². The summed E-state index contributed by atoms with van der Waals surface area (Å²) in [4.78, 5) is 13.6. The lowest BCUT2D eigenvalue weighted by Crippen LogP contribution is -2.32. The van der Waals surface area contributed by atoms with Crippen molar-refractivity contribution in [1.29, 1.82) is 5.26 Å². The molecule has 0 saturated carbocycles. The third-order valence-corrected chi connectivity index (χ3v) is 4.78. The Labute approximate surface area is 107 Å². The van der Waals surface area contributed by atoms with E-state index in [9.17, 15) is 4.79 Å². The number of hydrogen-bond donors (Lipinski definition) is 2. The number of nitrogens with zero attached hydrogens (tertiary/aromatic N) is 2. The van der Waals surface area contributed by atoms with Gasteiger partial charge in [0.05, 0.1) is 5.69 Å². The lowest BCUT2D eigenvalue weighted by molar-refractivity contribution is 0.100. The summed E-state index contributed by atoms with van der Waals surface area (Å²) in [6.07, 6.45) is 0. The molecule has 5 nitrogen and oxygen atoms in total. The van der Waals surface area contributed by atoms with E-state index in [2.05, 4.69) is 11.0 Å². The van der Waals surface area contributed by atoms with Crippen molar-refractivity contribution in [3.8, 4) is 6.07 Å². The Morgan fingerprint density at radius 2 is 2.06 bits per heavy atom. The molecule has 1 fully saturated rings. The lowest BCUT2D eigenvalue weighted by atomic mass is 10.2. The molecule has 2 heterocycles. The van der Waals surface area contributed by atoms with Gasteiger partial charge in [-0.15, -0.1) is 11.3 Å². The number of carbonyl (C=O) groups excluding carboxylic acids is 1. The van der Waals surface area contributed by atoms with Crippen molar-refractivity contribution in [2.75, 3.05) is 35.2 Å². The highest BCUT2D eigenvalue weighted by Gasteiger charge is 2.24. The van der Waals surface area contributed by atoms with E-state index in [1.165, 1.54) is 11.3 Å². The Balaban J connectivity index is 2.42. The molecule has 0 spiro atoms. The van der Waals surface area contributed by atoms with Crippen LogP contribution >= 0.6 is 23.1 Å². The van der Waals surface area contributed by atoms with Gasteiger partial charge in [-0.1, -0.05) is 0 Å². The first kappa shape index (κ1) is 12.1. The van der Waals surface area contributed by atoms with Gasteiger partial charge in [0.1, 0.15) is 21.5 Å². The monoisotopic (exact) mass is 268 g/mol. The zero-order chi connectivity index (χ0) is 12.4. The van der Waals surface area contributed by atoms with Crippen molar-refractivity contribution in [2.45, 2.75) is 0 Å². The van der Waals surface area contributed by atoms with E-state index in [-0.39, 0.29) is 10.6 Å². The van der Waals surface area contributed by atoms with Crippen LogP contribution in [-0.2, 0) is 0 Å². The second-order valence-corrected chi connectivity index (χ2v) is 5.82. The lowest BCUT2D eigenvalue weighted by Gasteiger charge is -2.27. The molecule has 0 aliphatic carbocycles. The van der Waals surface area contributed by atoms with Gasteiger partial charge in [-0.2, -0.15) is 17.0 Å². The summed E-state index contributed by atoms with van der Waals surface area (Å²) in [5.41, 5.74) is 11.6. The Morgan fingerprint density at radius 1 is 1.41 bits per heavy atom. The number of carbonyl (C=O) groups is 1. The minimum atomic E-state index is -0.568. The van der Waals surface area contributed by atoms with E-state index < -0.39 is 5.91 Å². The second kappa shape index (κ2) is 4.85. The Bertz CT molecular complexity index is 485. The molecule has 1 aliphatic heterocycles. The number of thioether (sulfide) groups is 1. The van der Waals surface area contributed by atoms with Crippen molar-refractivity contribution in [3.05, 3.63) is 10.4 Å². The summed E-state index contributed by atoms with van der Waals surface area (Å²) in [6, 6.07) is 2.07. The molecule has 1 aromatic rings. The maximum Gasteiger partial charge on any atom is 0.261 e. The molecule has 4 N–H and O–H groups in total. The predicted octanol–water partition coefficient (Wildman–Crippen LogP) is 0.854. The van der Waals surface area contributed by atoms with Crippen LogP contribution in [0.5, 0.6) is 0 Å². The van der Waals surface area contributed by atoms with Crippen molar-refractivity contribution in [3.63, 3.8) is 0 Å². The number of nitriles is 1. The summed E-state index contributed by atoms with van der Waals surface area (Å²) in [7, 11) is 0. The fourth-order valence-corrected chi connectivity index (χ4v) is 3.69. The van der Waals surface area contributed by atoms with Crippen LogP contribution in [-0.4, -0.2) is 30.5 Å². The quantitative estimate of drug-likeness (QED) is 0.829. The fraction of sp³-hybridized carbons (Fsp3) is 0.400. The molecule has 2 rings (SSSR count). The van der Waals surface area contributed by atoms with Crippen molar-refractivity contribution in [2.24, 2.45) is 5.73 Å². The van der Waals surface area contributed by atoms with Crippen LogP contribution in [0.3, 0.4) is 0 Å². The van der Waals surface area contributed by atoms with Gasteiger partial charge in [-0.25, -0.2) is 0 Å². The second-order valence-electron chi connectivity index (χ2n) is 3.60. The number of hydrogen-bond acceptors (Lipinski definition) is 6. The normalized spacial score (nSPS) is 15.6. The number of thiophene rings is 1. The topological polar surface area (TPSA) is 96.1 Å². The van der Waals surface area contributed by atoms with Crippen molar-refractivity contribution >= 4 is 39.7 Å². The van der Waals surface area contributed by atoms with Gasteiger partial charge in [-0.05, 0) is 0 Å². The number of anilines is 2. The van der Waals surface area contributed by atoms with Crippen LogP contribution < -0.4 is 16.4 Å². The van der Waals surface area contributed by atoms with Gasteiger partial charge < -0.3 is 16.4 Å². The van der Waals surface area contributed by atoms with E-state index in [0.29, 0.717) is 5.56 Å². The number of amides is 1. The predicted molar refractivity (Wildman–Crippen MR) is 71.5 cm³/mol. The number of nitrogens with two attached hydrogens (primary N) is 2. The molecule has 7 heteroatoms. The molecule has 1 aromatic heterocycles. The van der Waals surface area contributed by atoms with E-state index in [0.717, 1.165) is 29.6 Å². The first-order valence-electron chi connectivity index (χ1n) is 5.10. The SMILES string of the molecule is N#Cc1c(N2CCSCC2)sc(C(N)=O)c1N. The van der Waals surface area contributed by atoms with Crippen molar-refractivity contribution in [1.82, 2.24) is 0 Å². The Kier molecular flexibility index (Phi) is 3.45. The molecule has 0 radical (unpaired) electrons. The zero-order valence-corrected chi connectivity index (χ0v) is 10.7. The van der Waals surface area contributed by atoms with E-state index >= 15 is 0 Å². The molecule has 0 bridgehead atoms. The molecular weight excluding hydrogens is 256 g/mol. The fourth-order valence-electron chi connectivity index (χ4n) is 1.71. The highest BCUT2D eigenvalue weighted by Crippen LogP contribution is 2.38. The van der Waals surface area contributed by atoms with Gasteiger partial charge in [0.25, 0.3) is 5.91 Å². The summed E-state index contributed by atoms with van der Waals surface area (Å²) < 4.78 is 0. The van der Waals surface area contributed by atoms with Crippen LogP contribution in [0, 0.1) is 11.3 Å². The molecule has 1 saturated heterocycles. The van der Waals surface area contributed by atoms with Gasteiger partial charge in [-0.3, -0.25) is 4.79 Å². The number of nitrogen functional groups attached to an aromatic ring is 1. The molecular formula is C10H12N4OS2. The van der Waals surface area contributed by atoms with Crippen LogP contribution in [0.15, 0.2) is 0 Å². The highest BCUT2D eigenvalue weighted by atomic mass is 32.2. The van der Waals surface area contributed by atoms with E-state index in [1.54, 1.807) is 0 Å². The van der Waals surface area contributed by atoms with Gasteiger partial charge in [0.2, 0.25) is 0 Å². The third-order valence-electron chi connectivity index (χ3n) is 2.56. The third kappa shape index (κ3) is 2.18. The van der Waals surface area contributed by atoms with Gasteiger partial charge in [0.15, 0.2) is 0 Å². The number of rotatable bonds is 2. The Morgan fingerprint density at radius 3 is 2.59 bits per heavy atom. The highest BCUT2D eigenvalue weighted by molar-refractivity contribution is 7.99. The average molecular weight is 268 g/mol. The van der Waals surface area contributed by atoms with Crippen LogP contribution in [0.4, 0.5) is 10.7 Å². The van der Waals surface area contributed by atoms with Gasteiger partial charge >= 0.3 is 0 Å². The largest absolute Gasteiger partial charge is 0.396 e. The summed E-state index contributed by atoms with van der Waals surface area (Å²) >= 11 is 3.10. The standard InChI is InChI=1S/C10H12N4OS2/c11-5-6-7(12)8(9(13)15)17-10(6)14-1-3-16-4-2-14/h1-4,12H2,(H2,13,15). The first-order valence-corrected chi connectivity index (χ1v) is 7.07. The summed E-state index contributed by atoms with van der Waals surface area (Å²) in [5.74, 6) is 1.48. The molecule has 90 valence electrons. The minimum Gasteiger partial charge on any atom is -0.396 e. The van der Waals surface area contributed by atoms with Crippen molar-refractivity contribution < 1.29 is 4.79 Å². The molecule has 1 amide bonds. The minimum absolute atomic E-state index is 0.221. The summed E-state index contributed by atoms with van der Waals surface area (Å²) in [5, 5.41) is 9.89. The van der Waals surface area contributed by atoms with E-state index in [4.69, 9.17) is 16.7 Å². The zero-order valence-electron chi connectivity index (χ0n) is 9.10. The summed E-state index contributed by atoms with van der Waals surface area (Å²) in [6.45, 7) is 1.75. The number of primary amides is 1. The maximum absolute atomic E-state index is 11.2. The van der Waals surface area contributed by atoms with Crippen LogP contribution in [0.2, 0.25) is 0 Å². The molecule has 17 heavy (non-hydrogen) atoms. The Hall–Kier alpha value is -1.39. The molecule has 0 atom stereocenters. The average Bonchev–Trinajstić information content (AvgIpc) is 2.67. The maximum atomic E-state index is 11.2. The molecule has 0 aromatic carbocycles. The van der Waals surface area contributed by atoms with Crippen LogP contribution in [0.1, 0.15) is 15.2 Å². The van der Waals surface area contributed by atoms with E-state index in [1.807, 2.05) is 11.8 Å². The van der Waals surface area contributed by atoms with Crippen LogP contribution in [0.25, 0.3) is 0 Å². The molecule has 1 aliphatic rings. The smallest absolute Gasteiger partial charge is 0.261 e. The molecule has 0 unspecified atom stereocenters. The first-order chi connectivity index (χ1) is 8.15.